The minimum Gasteiger partial charge on any atom is -0.495 e. The van der Waals surface area contributed by atoms with Gasteiger partial charge in [-0.05, 0) is 94.0 Å². The number of nitrogens with one attached hydrogen (secondary N) is 1. The fraction of sp³-hybridized carbons (Fsp3) is 0.345. The molecule has 194 valence electrons. The number of rotatable bonds is 7. The molecule has 0 bridgehead atoms. The van der Waals surface area contributed by atoms with E-state index in [1.54, 1.807) is 58.2 Å². The minimum atomic E-state index is -0.816. The molecule has 1 atom stereocenters. The lowest BCUT2D eigenvalue weighted by atomic mass is 9.96. The number of hydrogen-bond acceptors (Lipinski definition) is 5. The Hall–Kier alpha value is -3.58. The Labute approximate surface area is 221 Å². The zero-order valence-electron chi connectivity index (χ0n) is 21.6. The normalized spacial score (nSPS) is 14.1. The van der Waals surface area contributed by atoms with Crippen molar-refractivity contribution in [2.75, 3.05) is 12.4 Å². The van der Waals surface area contributed by atoms with E-state index in [-0.39, 0.29) is 11.5 Å². The Morgan fingerprint density at radius 2 is 1.73 bits per heavy atom. The van der Waals surface area contributed by atoms with Crippen molar-refractivity contribution in [3.8, 4) is 16.9 Å². The highest BCUT2D eigenvalue weighted by molar-refractivity contribution is 6.31. The van der Waals surface area contributed by atoms with Crippen LogP contribution in [0.2, 0.25) is 5.02 Å². The number of methoxy groups -OCH3 is 1. The van der Waals surface area contributed by atoms with E-state index >= 15 is 0 Å². The van der Waals surface area contributed by atoms with Crippen molar-refractivity contribution in [2.45, 2.75) is 58.1 Å². The minimum absolute atomic E-state index is 0.333. The number of pyridine rings is 1. The molecule has 1 amide bonds. The van der Waals surface area contributed by atoms with Crippen LogP contribution in [0.3, 0.4) is 0 Å². The van der Waals surface area contributed by atoms with Gasteiger partial charge in [-0.1, -0.05) is 17.7 Å². The number of esters is 1. The molecule has 1 saturated carbocycles. The van der Waals surface area contributed by atoms with Crippen molar-refractivity contribution in [3.05, 3.63) is 81.2 Å². The molecule has 0 saturated heterocycles. The monoisotopic (exact) mass is 522 g/mol. The highest BCUT2D eigenvalue weighted by atomic mass is 35.5. The van der Waals surface area contributed by atoms with Crippen molar-refractivity contribution in [1.82, 2.24) is 4.57 Å². The first-order valence-corrected chi connectivity index (χ1v) is 12.6. The van der Waals surface area contributed by atoms with Gasteiger partial charge in [-0.25, -0.2) is 4.79 Å². The van der Waals surface area contributed by atoms with Gasteiger partial charge in [0.25, 0.3) is 5.56 Å². The second-order valence-corrected chi connectivity index (χ2v) is 10.7. The average molecular weight is 523 g/mol. The Morgan fingerprint density at radius 3 is 2.32 bits per heavy atom. The quantitative estimate of drug-likeness (QED) is 0.373. The first kappa shape index (κ1) is 26.5. The zero-order chi connectivity index (χ0) is 26.9. The molecule has 4 rings (SSSR count). The molecule has 1 N–H and O–H groups in total. The molecule has 2 aromatic carbocycles. The number of halogens is 1. The number of aromatic nitrogens is 1. The Bertz CT molecular complexity index is 1380. The molecule has 3 aromatic rings. The Kier molecular flexibility index (Phi) is 7.46. The number of ether oxygens (including phenoxy) is 2. The maximum atomic E-state index is 13.1. The predicted octanol–water partition coefficient (Wildman–Crippen LogP) is 6.21. The first-order chi connectivity index (χ1) is 17.5. The topological polar surface area (TPSA) is 86.6 Å². The number of benzene rings is 2. The second kappa shape index (κ2) is 10.4. The van der Waals surface area contributed by atoms with Crippen LogP contribution in [0.1, 0.15) is 68.4 Å². The van der Waals surface area contributed by atoms with Crippen LogP contribution < -0.4 is 15.6 Å². The molecule has 1 aliphatic rings. The lowest BCUT2D eigenvalue weighted by molar-refractivity contribution is -0.118. The molecule has 7 nitrogen and oxygen atoms in total. The molecule has 37 heavy (non-hydrogen) atoms. The molecule has 0 spiro atoms. The predicted molar refractivity (Wildman–Crippen MR) is 145 cm³/mol. The van der Waals surface area contributed by atoms with Crippen LogP contribution in [0.15, 0.2) is 59.5 Å². The van der Waals surface area contributed by atoms with Gasteiger partial charge in [0.15, 0.2) is 0 Å². The van der Waals surface area contributed by atoms with Crippen LogP contribution in [0.4, 0.5) is 5.69 Å². The third-order valence-corrected chi connectivity index (χ3v) is 6.41. The van der Waals surface area contributed by atoms with E-state index in [0.717, 1.165) is 24.0 Å². The molecule has 1 unspecified atom stereocenters. The smallest absolute Gasteiger partial charge is 0.338 e. The summed E-state index contributed by atoms with van der Waals surface area (Å²) < 4.78 is 12.3. The van der Waals surface area contributed by atoms with Crippen LogP contribution in [0.5, 0.6) is 5.75 Å². The SMILES string of the molecule is COc1cn(C(C)C(=O)Nc2ccc(C(=O)OC(C)(C)C)cc2)c(=O)cc1-c1cc(Cl)ccc1C1CC1. The van der Waals surface area contributed by atoms with Gasteiger partial charge in [0.2, 0.25) is 5.91 Å². The molecule has 1 aromatic heterocycles. The molecular formula is C29H31ClN2O5. The van der Waals surface area contributed by atoms with E-state index in [4.69, 9.17) is 21.1 Å². The largest absolute Gasteiger partial charge is 0.495 e. The fourth-order valence-corrected chi connectivity index (χ4v) is 4.29. The summed E-state index contributed by atoms with van der Waals surface area (Å²) in [5, 5.41) is 3.38. The average Bonchev–Trinajstić information content (AvgIpc) is 3.68. The maximum absolute atomic E-state index is 13.1. The van der Waals surface area contributed by atoms with Gasteiger partial charge < -0.3 is 14.8 Å². The molecule has 1 fully saturated rings. The standard InChI is InChI=1S/C29H31ClN2O5/c1-17(27(34)31-21-11-8-19(9-12-21)28(35)37-29(2,3)4)32-16-25(36-5)24(15-26(32)33)23-14-20(30)10-13-22(23)18-6-7-18/h8-18H,6-7H2,1-5H3,(H,31,34). The van der Waals surface area contributed by atoms with Crippen molar-refractivity contribution in [1.29, 1.82) is 0 Å². The lowest BCUT2D eigenvalue weighted by Gasteiger charge is -2.20. The van der Waals surface area contributed by atoms with Gasteiger partial charge in [-0.15, -0.1) is 0 Å². The van der Waals surface area contributed by atoms with Crippen molar-refractivity contribution < 1.29 is 19.1 Å². The summed E-state index contributed by atoms with van der Waals surface area (Å²) in [5.74, 6) is 0.0984. The summed E-state index contributed by atoms with van der Waals surface area (Å²) in [5.41, 5.74) is 2.60. The number of carbonyl (C=O) groups excluding carboxylic acids is 2. The highest BCUT2D eigenvalue weighted by Gasteiger charge is 2.28. The van der Waals surface area contributed by atoms with Crippen LogP contribution in [0.25, 0.3) is 11.1 Å². The molecular weight excluding hydrogens is 492 g/mol. The molecule has 1 heterocycles. The molecule has 8 heteroatoms. The molecule has 1 aliphatic carbocycles. The van der Waals surface area contributed by atoms with Crippen molar-refractivity contribution >= 4 is 29.2 Å². The van der Waals surface area contributed by atoms with E-state index in [2.05, 4.69) is 5.32 Å². The van der Waals surface area contributed by atoms with E-state index in [1.807, 2.05) is 18.2 Å². The number of nitrogens with zero attached hydrogens (tertiary/aromatic N) is 1. The Morgan fingerprint density at radius 1 is 1.05 bits per heavy atom. The van der Waals surface area contributed by atoms with Gasteiger partial charge in [-0.2, -0.15) is 0 Å². The van der Waals surface area contributed by atoms with Gasteiger partial charge >= 0.3 is 5.97 Å². The van der Waals surface area contributed by atoms with E-state index in [9.17, 15) is 14.4 Å². The second-order valence-electron chi connectivity index (χ2n) is 10.3. The van der Waals surface area contributed by atoms with Gasteiger partial charge in [0.05, 0.1) is 18.9 Å². The zero-order valence-corrected chi connectivity index (χ0v) is 22.4. The summed E-state index contributed by atoms with van der Waals surface area (Å²) >= 11 is 6.28. The third-order valence-electron chi connectivity index (χ3n) is 6.17. The van der Waals surface area contributed by atoms with Gasteiger partial charge in [-0.3, -0.25) is 14.2 Å². The number of amides is 1. The fourth-order valence-electron chi connectivity index (χ4n) is 4.12. The summed E-state index contributed by atoms with van der Waals surface area (Å²) in [7, 11) is 1.53. The number of carbonyl (C=O) groups is 2. The summed E-state index contributed by atoms with van der Waals surface area (Å²) in [6.45, 7) is 7.03. The number of hydrogen-bond donors (Lipinski definition) is 1. The van der Waals surface area contributed by atoms with Crippen LogP contribution in [0, 0.1) is 0 Å². The van der Waals surface area contributed by atoms with Crippen molar-refractivity contribution in [2.24, 2.45) is 0 Å². The summed E-state index contributed by atoms with van der Waals surface area (Å²) in [6, 6.07) is 12.8. The molecule has 0 radical (unpaired) electrons. The number of anilines is 1. The Balaban J connectivity index is 1.55. The van der Waals surface area contributed by atoms with Crippen LogP contribution >= 0.6 is 11.6 Å². The lowest BCUT2D eigenvalue weighted by Crippen LogP contribution is -2.31. The molecule has 0 aliphatic heterocycles. The third kappa shape index (κ3) is 6.23. The van der Waals surface area contributed by atoms with Crippen LogP contribution in [-0.4, -0.2) is 29.2 Å². The van der Waals surface area contributed by atoms with Gasteiger partial charge in [0.1, 0.15) is 17.4 Å². The summed E-state index contributed by atoms with van der Waals surface area (Å²) in [4.78, 5) is 38.4. The van der Waals surface area contributed by atoms with Crippen LogP contribution in [-0.2, 0) is 9.53 Å². The van der Waals surface area contributed by atoms with E-state index in [0.29, 0.717) is 33.5 Å². The van der Waals surface area contributed by atoms with E-state index < -0.39 is 17.6 Å². The first-order valence-electron chi connectivity index (χ1n) is 12.2. The maximum Gasteiger partial charge on any atom is 0.338 e. The summed E-state index contributed by atoms with van der Waals surface area (Å²) in [6.07, 6.45) is 3.76. The van der Waals surface area contributed by atoms with Gasteiger partial charge in [0, 0.05) is 22.3 Å². The van der Waals surface area contributed by atoms with E-state index in [1.165, 1.54) is 17.7 Å². The van der Waals surface area contributed by atoms with Crippen molar-refractivity contribution in [3.63, 3.8) is 0 Å². The highest BCUT2D eigenvalue weighted by Crippen LogP contribution is 2.46.